The Balaban J connectivity index is 0.631. The maximum Gasteiger partial charge on any atom is 0.333 e. The van der Waals surface area contributed by atoms with Crippen LogP contribution in [0.3, 0.4) is 0 Å². The van der Waals surface area contributed by atoms with E-state index in [0.717, 1.165) is 58.5 Å². The molecule has 6 aliphatic rings. The van der Waals surface area contributed by atoms with Crippen molar-refractivity contribution < 1.29 is 38.4 Å². The van der Waals surface area contributed by atoms with Gasteiger partial charge in [-0.15, -0.1) is 125 Å². The van der Waals surface area contributed by atoms with Crippen molar-refractivity contribution in [3.63, 3.8) is 0 Å². The first-order valence-corrected chi connectivity index (χ1v) is 31.6. The molecule has 0 spiro atoms. The molecular formula is C48H24Cl12N2O8S6. The molecule has 6 aromatic rings. The van der Waals surface area contributed by atoms with E-state index in [1.165, 1.54) is 22.7 Å². The summed E-state index contributed by atoms with van der Waals surface area (Å²) in [5, 5.41) is -0.227. The van der Waals surface area contributed by atoms with Gasteiger partial charge in [-0.25, -0.2) is 9.59 Å². The zero-order chi connectivity index (χ0) is 54.1. The Kier molecular flexibility index (Phi) is 13.7. The van der Waals surface area contributed by atoms with Crippen molar-refractivity contribution in [1.82, 2.24) is 10.1 Å². The summed E-state index contributed by atoms with van der Waals surface area (Å²) >= 11 is 88.3. The fourth-order valence-electron chi connectivity index (χ4n) is 10.6. The van der Waals surface area contributed by atoms with Crippen LogP contribution in [-0.2, 0) is 51.3 Å². The Labute approximate surface area is 514 Å². The molecule has 394 valence electrons. The van der Waals surface area contributed by atoms with E-state index in [1.807, 2.05) is 24.3 Å². The molecule has 0 radical (unpaired) electrons. The summed E-state index contributed by atoms with van der Waals surface area (Å²) in [6.07, 6.45) is 0.323. The second-order valence-corrected chi connectivity index (χ2v) is 31.4. The number of hydrogen-bond acceptors (Lipinski definition) is 14. The highest BCUT2D eigenvalue weighted by atomic mass is 35.5. The first-order valence-electron chi connectivity index (χ1n) is 22.2. The maximum absolute atomic E-state index is 13.5. The predicted octanol–water partition coefficient (Wildman–Crippen LogP) is 16.1. The number of alkyl halides is 8. The van der Waals surface area contributed by atoms with Crippen LogP contribution >= 0.6 is 207 Å². The first kappa shape index (κ1) is 54.9. The Morgan fingerprint density at radius 3 is 0.829 bits per heavy atom. The lowest BCUT2D eigenvalue weighted by Crippen LogP contribution is -2.50. The van der Waals surface area contributed by atoms with E-state index in [9.17, 15) is 28.8 Å². The summed E-state index contributed by atoms with van der Waals surface area (Å²) in [4.78, 5) is 95.0. The number of imide groups is 2. The molecule has 2 aliphatic heterocycles. The van der Waals surface area contributed by atoms with E-state index in [2.05, 4.69) is 48.5 Å². The molecule has 2 saturated carbocycles. The minimum atomic E-state index is -2.09. The lowest BCUT2D eigenvalue weighted by Gasteiger charge is -2.34. The number of carbonyl (C=O) groups is 6. The average molecular weight is 1370 g/mol. The standard InChI is InChI=1S/C48H24Cl12N2O8S6/c49-35-36(50)44(54)32-31(43(35,53)47(44,57)58)39(65)61(40(32)66)69-29(63)15-3-17-1-5-19(71-17)21-7-9-23(73-21)25-11-13-27(75-25)28-14-12-26(76-28)24-10-8-22(74-24)20-6-2-18(72-20)4-16-30(64)70-62-41(67)33-34(42(62)68)46(56)38(52)37(51)45(33,55)48(46,59)60/h1-2,5-14,31-34H,3-4,15-16H2/t31-,32?,33-,34?,43+,44-,45+,46-/m1/s1. The van der Waals surface area contributed by atoms with Crippen molar-refractivity contribution in [3.8, 4) is 48.8 Å². The van der Waals surface area contributed by atoms with E-state index in [-0.39, 0.29) is 33.0 Å². The van der Waals surface area contributed by atoms with Crippen LogP contribution in [0.5, 0.6) is 0 Å². The van der Waals surface area contributed by atoms with Gasteiger partial charge in [-0.3, -0.25) is 19.2 Å². The lowest BCUT2D eigenvalue weighted by atomic mass is 9.84. The third-order valence-corrected chi connectivity index (χ3v) is 30.4. The summed E-state index contributed by atoms with van der Waals surface area (Å²) < 4.78 is -4.19. The van der Waals surface area contributed by atoms with Gasteiger partial charge in [-0.1, -0.05) is 92.8 Å². The van der Waals surface area contributed by atoms with E-state index in [4.69, 9.17) is 149 Å². The van der Waals surface area contributed by atoms with Gasteiger partial charge in [0.15, 0.2) is 8.67 Å². The molecule has 2 saturated heterocycles. The molecule has 4 aliphatic carbocycles. The molecule has 0 aromatic carbocycles. The van der Waals surface area contributed by atoms with Crippen molar-refractivity contribution >= 4 is 243 Å². The van der Waals surface area contributed by atoms with Gasteiger partial charge in [0.1, 0.15) is 19.5 Å². The number of fused-ring (bicyclic) bond motifs is 10. The minimum absolute atomic E-state index is 0.130. The van der Waals surface area contributed by atoms with Crippen molar-refractivity contribution in [2.75, 3.05) is 0 Å². The Morgan fingerprint density at radius 2 is 0.592 bits per heavy atom. The van der Waals surface area contributed by atoms with Gasteiger partial charge in [0.25, 0.3) is 23.6 Å². The molecule has 76 heavy (non-hydrogen) atoms. The first-order chi connectivity index (χ1) is 35.8. The quantitative estimate of drug-likeness (QED) is 0.0826. The van der Waals surface area contributed by atoms with Gasteiger partial charge in [0.05, 0.1) is 56.6 Å². The normalized spacial score (nSPS) is 29.7. The highest BCUT2D eigenvalue weighted by Gasteiger charge is 2.89. The van der Waals surface area contributed by atoms with Crippen LogP contribution < -0.4 is 0 Å². The number of nitrogens with zero attached hydrogens (tertiary/aromatic N) is 2. The van der Waals surface area contributed by atoms with Crippen LogP contribution in [0.1, 0.15) is 22.6 Å². The number of aryl methyl sites for hydroxylation is 2. The van der Waals surface area contributed by atoms with Gasteiger partial charge in [0.2, 0.25) is 0 Å². The van der Waals surface area contributed by atoms with Crippen LogP contribution in [0.25, 0.3) is 48.8 Å². The van der Waals surface area contributed by atoms with Crippen LogP contribution in [0.2, 0.25) is 0 Å². The number of hydrogen-bond donors (Lipinski definition) is 0. The summed E-state index contributed by atoms with van der Waals surface area (Å²) in [5.74, 6) is -11.0. The summed E-state index contributed by atoms with van der Waals surface area (Å²) in [6, 6.07) is 24.6. The molecule has 8 heterocycles. The Morgan fingerprint density at radius 1 is 0.382 bits per heavy atom. The van der Waals surface area contributed by atoms with E-state index < -0.39 is 87.4 Å². The number of allylic oxidation sites excluding steroid dienone is 4. The smallest absolute Gasteiger partial charge is 0.330 e. The average Bonchev–Trinajstić information content (AvgIpc) is 4.36. The monoisotopic (exact) mass is 1370 g/mol. The zero-order valence-electron chi connectivity index (χ0n) is 37.2. The molecule has 0 N–H and O–H groups in total. The molecule has 8 atom stereocenters. The Bertz CT molecular complexity index is 3330. The molecule has 12 rings (SSSR count). The number of amides is 4. The molecule has 10 nitrogen and oxygen atoms in total. The molecule has 4 bridgehead atoms. The highest BCUT2D eigenvalue weighted by molar-refractivity contribution is 7.30. The second kappa shape index (κ2) is 19.0. The van der Waals surface area contributed by atoms with E-state index in [0.29, 0.717) is 23.0 Å². The fourth-order valence-corrected chi connectivity index (χ4v) is 22.9. The van der Waals surface area contributed by atoms with Crippen LogP contribution in [0.15, 0.2) is 92.9 Å². The number of rotatable bonds is 13. The fraction of sp³-hybridized carbons (Fsp3) is 0.292. The number of carbonyl (C=O) groups excluding carboxylic acids is 6. The summed E-state index contributed by atoms with van der Waals surface area (Å²) in [6.45, 7) is 0. The molecule has 4 amide bonds. The van der Waals surface area contributed by atoms with Crippen LogP contribution in [0, 0.1) is 23.7 Å². The number of thiophene rings is 6. The summed E-state index contributed by atoms with van der Waals surface area (Å²) in [5.41, 5.74) is 0. The Hall–Kier alpha value is -1.62. The van der Waals surface area contributed by atoms with Gasteiger partial charge in [0, 0.05) is 58.5 Å². The number of halogens is 12. The largest absolute Gasteiger partial charge is 0.333 e. The van der Waals surface area contributed by atoms with Crippen molar-refractivity contribution in [2.45, 2.75) is 53.8 Å². The molecule has 4 fully saturated rings. The molecule has 6 aromatic heterocycles. The van der Waals surface area contributed by atoms with Gasteiger partial charge >= 0.3 is 11.9 Å². The second-order valence-electron chi connectivity index (χ2n) is 18.2. The third kappa shape index (κ3) is 7.46. The van der Waals surface area contributed by atoms with E-state index >= 15 is 0 Å². The van der Waals surface area contributed by atoms with Crippen molar-refractivity contribution in [3.05, 3.63) is 103 Å². The third-order valence-electron chi connectivity index (χ3n) is 14.2. The topological polar surface area (TPSA) is 127 Å². The summed E-state index contributed by atoms with van der Waals surface area (Å²) in [7, 11) is 0. The van der Waals surface area contributed by atoms with Crippen LogP contribution in [-0.4, -0.2) is 73.9 Å². The molecule has 28 heteroatoms. The van der Waals surface area contributed by atoms with Gasteiger partial charge in [-0.05, 0) is 85.6 Å². The SMILES string of the molecule is O=C(CCc1ccc(-c2ccc(-c3ccc(-c4ccc(-c5ccc(-c6ccc(CCC(=O)ON7C(=O)C8[C@H](C7=O)[C@]7(Cl)C(Cl)=C(Cl)[C@@]8(Cl)C7(Cl)Cl)s6)s5)s4)s3)s2)s1)ON1C(=O)C2[C@H](C1=O)[C@]1(Cl)C(Cl)=C(Cl)[C@@]2(Cl)C1(Cl)Cl. The van der Waals surface area contributed by atoms with Crippen LogP contribution in [0.4, 0.5) is 0 Å². The lowest BCUT2D eigenvalue weighted by molar-refractivity contribution is -0.199. The number of hydroxylamine groups is 4. The minimum Gasteiger partial charge on any atom is -0.330 e. The van der Waals surface area contributed by atoms with Gasteiger partial charge < -0.3 is 9.68 Å². The molecule has 2 unspecified atom stereocenters. The van der Waals surface area contributed by atoms with E-state index in [1.54, 1.807) is 45.3 Å². The predicted molar refractivity (Wildman–Crippen MR) is 308 cm³/mol. The highest BCUT2D eigenvalue weighted by Crippen LogP contribution is 2.79. The zero-order valence-corrected chi connectivity index (χ0v) is 51.2. The van der Waals surface area contributed by atoms with Crippen molar-refractivity contribution in [2.24, 2.45) is 23.7 Å². The van der Waals surface area contributed by atoms with Crippen molar-refractivity contribution in [1.29, 1.82) is 0 Å². The maximum atomic E-state index is 13.5. The van der Waals surface area contributed by atoms with Gasteiger partial charge in [-0.2, -0.15) is 0 Å². The molecular weight excluding hydrogens is 1350 g/mol.